The molecule has 1 unspecified atom stereocenters. The number of fused-ring (bicyclic) bond motifs is 1. The number of carbonyl (C=O) groups is 1. The van der Waals surface area contributed by atoms with Crippen molar-refractivity contribution in [3.05, 3.63) is 17.0 Å². The van der Waals surface area contributed by atoms with Crippen LogP contribution in [0.1, 0.15) is 41.6 Å². The minimum atomic E-state index is 0.0333. The molecule has 23 heavy (non-hydrogen) atoms. The van der Waals surface area contributed by atoms with Crippen molar-refractivity contribution in [2.45, 2.75) is 37.9 Å². The average molecular weight is 334 g/mol. The van der Waals surface area contributed by atoms with Crippen LogP contribution < -0.4 is 0 Å². The molecule has 0 aromatic carbocycles. The predicted molar refractivity (Wildman–Crippen MR) is 90.0 cm³/mol. The second kappa shape index (κ2) is 6.19. The number of aromatic nitrogens is 1. The van der Waals surface area contributed by atoms with Crippen molar-refractivity contribution in [2.24, 2.45) is 4.99 Å². The van der Waals surface area contributed by atoms with Crippen LogP contribution >= 0.6 is 11.8 Å². The highest BCUT2D eigenvalue weighted by molar-refractivity contribution is 8.14. The first-order valence-electron chi connectivity index (χ1n) is 8.45. The summed E-state index contributed by atoms with van der Waals surface area (Å²) in [4.78, 5) is 21.6. The molecule has 1 fully saturated rings. The smallest absolute Gasteiger partial charge is 0.276 e. The Kier molecular flexibility index (Phi) is 4.05. The second-order valence-electron chi connectivity index (χ2n) is 6.47. The highest BCUT2D eigenvalue weighted by Crippen LogP contribution is 2.26. The van der Waals surface area contributed by atoms with E-state index < -0.39 is 0 Å². The monoisotopic (exact) mass is 334 g/mol. The van der Waals surface area contributed by atoms with Crippen LogP contribution in [0.25, 0.3) is 0 Å². The van der Waals surface area contributed by atoms with Gasteiger partial charge in [0.25, 0.3) is 5.91 Å². The summed E-state index contributed by atoms with van der Waals surface area (Å²) in [6.07, 6.45) is 4.09. The zero-order chi connectivity index (χ0) is 15.8. The molecule has 1 aromatic heterocycles. The molecule has 1 atom stereocenters. The maximum atomic E-state index is 12.8. The fourth-order valence-electron chi connectivity index (χ4n) is 3.44. The molecule has 3 aliphatic rings. The van der Waals surface area contributed by atoms with Crippen molar-refractivity contribution in [1.29, 1.82) is 0 Å². The van der Waals surface area contributed by atoms with Gasteiger partial charge in [0.2, 0.25) is 0 Å². The number of rotatable bonds is 1. The van der Waals surface area contributed by atoms with E-state index in [1.807, 2.05) is 16.7 Å². The zero-order valence-electron chi connectivity index (χ0n) is 13.5. The van der Waals surface area contributed by atoms with Crippen LogP contribution in [0.5, 0.6) is 0 Å². The molecule has 1 saturated heterocycles. The lowest BCUT2D eigenvalue weighted by Crippen LogP contribution is -2.50. The molecule has 1 aliphatic carbocycles. The lowest BCUT2D eigenvalue weighted by atomic mass is 9.96. The molecular weight excluding hydrogens is 312 g/mol. The van der Waals surface area contributed by atoms with Gasteiger partial charge in [0.15, 0.2) is 10.9 Å². The Labute approximate surface area is 140 Å². The van der Waals surface area contributed by atoms with E-state index in [1.54, 1.807) is 0 Å². The number of amides is 1. The molecule has 0 radical (unpaired) electrons. The van der Waals surface area contributed by atoms with Gasteiger partial charge in [-0.15, -0.1) is 0 Å². The quantitative estimate of drug-likeness (QED) is 0.784. The van der Waals surface area contributed by atoms with Crippen molar-refractivity contribution >= 4 is 22.8 Å². The van der Waals surface area contributed by atoms with Crippen LogP contribution in [0.4, 0.5) is 0 Å². The number of hydrogen-bond donors (Lipinski definition) is 0. The normalized spacial score (nSPS) is 24.6. The van der Waals surface area contributed by atoms with E-state index in [0.717, 1.165) is 74.9 Å². The molecule has 124 valence electrons. The van der Waals surface area contributed by atoms with E-state index in [1.165, 1.54) is 0 Å². The van der Waals surface area contributed by atoms with E-state index in [0.29, 0.717) is 10.9 Å². The molecule has 2 aliphatic heterocycles. The topological polar surface area (TPSA) is 61.9 Å². The summed E-state index contributed by atoms with van der Waals surface area (Å²) in [5.74, 6) is 0.954. The Hall–Kier alpha value is -1.50. The number of hydrogen-bond acceptors (Lipinski definition) is 6. The Morgan fingerprint density at radius 2 is 2.00 bits per heavy atom. The number of carbonyl (C=O) groups excluding carboxylic acids is 1. The SMILES string of the molecule is CC1CN=C(N2CCN(C(=O)c3noc4c3CCCC4)CC2)S1. The molecule has 0 bridgehead atoms. The summed E-state index contributed by atoms with van der Waals surface area (Å²) in [6, 6.07) is 0. The van der Waals surface area contributed by atoms with Gasteiger partial charge in [-0.2, -0.15) is 0 Å². The summed E-state index contributed by atoms with van der Waals surface area (Å²) in [7, 11) is 0. The third kappa shape index (κ3) is 2.86. The largest absolute Gasteiger partial charge is 0.360 e. The van der Waals surface area contributed by atoms with Crippen LogP contribution in [0.3, 0.4) is 0 Å². The van der Waals surface area contributed by atoms with E-state index in [-0.39, 0.29) is 5.91 Å². The van der Waals surface area contributed by atoms with E-state index in [9.17, 15) is 4.79 Å². The van der Waals surface area contributed by atoms with E-state index in [4.69, 9.17) is 4.52 Å². The average Bonchev–Trinajstić information content (AvgIpc) is 3.21. The number of thioether (sulfide) groups is 1. The molecule has 4 rings (SSSR count). The number of nitrogens with zero attached hydrogens (tertiary/aromatic N) is 4. The lowest BCUT2D eigenvalue weighted by Gasteiger charge is -2.35. The van der Waals surface area contributed by atoms with Crippen LogP contribution in [0.15, 0.2) is 9.52 Å². The molecule has 1 amide bonds. The first-order chi connectivity index (χ1) is 11.2. The Balaban J connectivity index is 1.40. The van der Waals surface area contributed by atoms with Gasteiger partial charge in [-0.1, -0.05) is 23.8 Å². The molecule has 7 heteroatoms. The fourth-order valence-corrected chi connectivity index (χ4v) is 4.43. The standard InChI is InChI=1S/C16H22N4O2S/c1-11-10-17-16(23-11)20-8-6-19(7-9-20)15(21)14-12-4-2-3-5-13(12)22-18-14/h11H,2-10H2,1H3. The van der Waals surface area contributed by atoms with E-state index in [2.05, 4.69) is 22.0 Å². The lowest BCUT2D eigenvalue weighted by molar-refractivity contribution is 0.0682. The fraction of sp³-hybridized carbons (Fsp3) is 0.688. The summed E-state index contributed by atoms with van der Waals surface area (Å²) in [5, 5.41) is 5.79. The first kappa shape index (κ1) is 15.1. The maximum Gasteiger partial charge on any atom is 0.276 e. The minimum Gasteiger partial charge on any atom is -0.360 e. The Morgan fingerprint density at radius 3 is 2.74 bits per heavy atom. The van der Waals surface area contributed by atoms with Crippen LogP contribution in [0, 0.1) is 0 Å². The molecule has 3 heterocycles. The molecule has 6 nitrogen and oxygen atoms in total. The molecule has 1 aromatic rings. The number of piperazine rings is 1. The van der Waals surface area contributed by atoms with Crippen LogP contribution in [-0.4, -0.2) is 64.0 Å². The number of aliphatic imine (C=N–C) groups is 1. The summed E-state index contributed by atoms with van der Waals surface area (Å²) in [6.45, 7) is 6.27. The molecule has 0 N–H and O–H groups in total. The van der Waals surface area contributed by atoms with Crippen molar-refractivity contribution in [1.82, 2.24) is 15.0 Å². The van der Waals surface area contributed by atoms with Crippen molar-refractivity contribution in [2.75, 3.05) is 32.7 Å². The number of amidine groups is 1. The number of aryl methyl sites for hydroxylation is 1. The molecular formula is C16H22N4O2S. The summed E-state index contributed by atoms with van der Waals surface area (Å²) >= 11 is 1.84. The molecule has 0 spiro atoms. The maximum absolute atomic E-state index is 12.8. The van der Waals surface area contributed by atoms with Crippen molar-refractivity contribution in [3.8, 4) is 0 Å². The van der Waals surface area contributed by atoms with Gasteiger partial charge >= 0.3 is 0 Å². The zero-order valence-corrected chi connectivity index (χ0v) is 14.3. The van der Waals surface area contributed by atoms with Crippen LogP contribution in [-0.2, 0) is 12.8 Å². The van der Waals surface area contributed by atoms with Gasteiger partial charge in [0, 0.05) is 43.4 Å². The van der Waals surface area contributed by atoms with Crippen molar-refractivity contribution in [3.63, 3.8) is 0 Å². The highest BCUT2D eigenvalue weighted by atomic mass is 32.2. The van der Waals surface area contributed by atoms with Gasteiger partial charge in [-0.05, 0) is 19.3 Å². The molecule has 0 saturated carbocycles. The van der Waals surface area contributed by atoms with Gasteiger partial charge in [0.05, 0.1) is 6.54 Å². The first-order valence-corrected chi connectivity index (χ1v) is 9.33. The van der Waals surface area contributed by atoms with E-state index >= 15 is 0 Å². The predicted octanol–water partition coefficient (Wildman–Crippen LogP) is 1.80. The summed E-state index contributed by atoms with van der Waals surface area (Å²) in [5.41, 5.74) is 1.60. The Bertz CT molecular complexity index is 634. The third-order valence-corrected chi connectivity index (χ3v) is 5.93. The van der Waals surface area contributed by atoms with Gasteiger partial charge in [-0.3, -0.25) is 9.79 Å². The van der Waals surface area contributed by atoms with Gasteiger partial charge in [0.1, 0.15) is 5.76 Å². The van der Waals surface area contributed by atoms with Crippen LogP contribution in [0.2, 0.25) is 0 Å². The third-order valence-electron chi connectivity index (χ3n) is 4.78. The Morgan fingerprint density at radius 1 is 1.22 bits per heavy atom. The highest BCUT2D eigenvalue weighted by Gasteiger charge is 2.31. The van der Waals surface area contributed by atoms with Gasteiger partial charge < -0.3 is 14.3 Å². The van der Waals surface area contributed by atoms with Gasteiger partial charge in [-0.25, -0.2) is 0 Å². The minimum absolute atomic E-state index is 0.0333. The van der Waals surface area contributed by atoms with Crippen molar-refractivity contribution < 1.29 is 9.32 Å². The second-order valence-corrected chi connectivity index (χ2v) is 7.88. The summed E-state index contributed by atoms with van der Waals surface area (Å²) < 4.78 is 5.38.